The van der Waals surface area contributed by atoms with Crippen LogP contribution in [0, 0.1) is 0 Å². The van der Waals surface area contributed by atoms with Gasteiger partial charge in [0.05, 0.1) is 0 Å². The van der Waals surface area contributed by atoms with Crippen LogP contribution in [-0.2, 0) is 0 Å². The van der Waals surface area contributed by atoms with E-state index in [1.165, 1.54) is 0 Å². The normalized spacial score (nSPS) is 17.7. The van der Waals surface area contributed by atoms with E-state index in [4.69, 9.17) is 5.73 Å². The highest BCUT2D eigenvalue weighted by molar-refractivity contribution is 5.35. The van der Waals surface area contributed by atoms with Crippen LogP contribution in [0.5, 0.6) is 0 Å². The fourth-order valence-electron chi connectivity index (χ4n) is 1.94. The van der Waals surface area contributed by atoms with Crippen LogP contribution in [0.4, 0.5) is 5.82 Å². The predicted octanol–water partition coefficient (Wildman–Crippen LogP) is -1.15. The van der Waals surface area contributed by atoms with Crippen molar-refractivity contribution in [2.24, 2.45) is 5.73 Å². The summed E-state index contributed by atoms with van der Waals surface area (Å²) in [6.45, 7) is 5.15. The van der Waals surface area contributed by atoms with Crippen molar-refractivity contribution in [2.75, 3.05) is 44.2 Å². The highest BCUT2D eigenvalue weighted by atomic mass is 16.1. The van der Waals surface area contributed by atoms with Crippen molar-refractivity contribution in [1.29, 1.82) is 0 Å². The van der Waals surface area contributed by atoms with Crippen LogP contribution in [0.15, 0.2) is 17.2 Å². The number of rotatable bonds is 3. The summed E-state index contributed by atoms with van der Waals surface area (Å²) in [5.74, 6) is 0.523. The third-order valence-electron chi connectivity index (χ3n) is 2.81. The Morgan fingerprint density at radius 3 is 2.75 bits per heavy atom. The molecule has 2 heterocycles. The van der Waals surface area contributed by atoms with Crippen LogP contribution >= 0.6 is 0 Å². The number of aromatic amines is 1. The zero-order valence-corrected chi connectivity index (χ0v) is 9.22. The molecule has 1 saturated heterocycles. The van der Waals surface area contributed by atoms with Gasteiger partial charge in [0.25, 0.3) is 5.56 Å². The molecular weight excluding hydrogens is 206 g/mol. The number of hydrogen-bond donors (Lipinski definition) is 2. The van der Waals surface area contributed by atoms with Crippen molar-refractivity contribution in [3.63, 3.8) is 0 Å². The first-order valence-corrected chi connectivity index (χ1v) is 5.52. The Morgan fingerprint density at radius 1 is 1.38 bits per heavy atom. The molecule has 0 aromatic carbocycles. The highest BCUT2D eigenvalue weighted by Crippen LogP contribution is 2.07. The molecule has 0 atom stereocenters. The molecule has 1 aliphatic heterocycles. The van der Waals surface area contributed by atoms with Crippen LogP contribution in [0.2, 0.25) is 0 Å². The Hall–Kier alpha value is -1.40. The summed E-state index contributed by atoms with van der Waals surface area (Å²) in [5, 5.41) is 0. The Morgan fingerprint density at radius 2 is 2.12 bits per heavy atom. The third-order valence-corrected chi connectivity index (χ3v) is 2.81. The van der Waals surface area contributed by atoms with E-state index >= 15 is 0 Å². The van der Waals surface area contributed by atoms with E-state index in [-0.39, 0.29) is 5.56 Å². The van der Waals surface area contributed by atoms with E-state index in [0.29, 0.717) is 12.4 Å². The Balaban J connectivity index is 1.99. The van der Waals surface area contributed by atoms with Gasteiger partial charge in [0.15, 0.2) is 5.82 Å². The SMILES string of the molecule is NCCN1CCN(c2ncc[nH]c2=O)CC1. The smallest absolute Gasteiger partial charge is 0.290 e. The maximum atomic E-state index is 11.5. The molecule has 2 rings (SSSR count). The summed E-state index contributed by atoms with van der Waals surface area (Å²) < 4.78 is 0. The summed E-state index contributed by atoms with van der Waals surface area (Å²) >= 11 is 0. The van der Waals surface area contributed by atoms with Crippen LogP contribution in [0.3, 0.4) is 0 Å². The molecule has 1 fully saturated rings. The van der Waals surface area contributed by atoms with Gasteiger partial charge in [0.1, 0.15) is 0 Å². The van der Waals surface area contributed by atoms with Gasteiger partial charge in [-0.3, -0.25) is 9.69 Å². The third kappa shape index (κ3) is 2.40. The molecule has 0 aliphatic carbocycles. The molecule has 1 aromatic rings. The van der Waals surface area contributed by atoms with Gasteiger partial charge in [-0.1, -0.05) is 0 Å². The number of nitrogens with zero attached hydrogens (tertiary/aromatic N) is 3. The number of H-pyrrole nitrogens is 1. The van der Waals surface area contributed by atoms with Gasteiger partial charge in [0, 0.05) is 51.7 Å². The number of hydrogen-bond acceptors (Lipinski definition) is 5. The fourth-order valence-corrected chi connectivity index (χ4v) is 1.94. The predicted molar refractivity (Wildman–Crippen MR) is 62.6 cm³/mol. The van der Waals surface area contributed by atoms with Gasteiger partial charge in [-0.15, -0.1) is 0 Å². The number of piperazine rings is 1. The lowest BCUT2D eigenvalue weighted by Gasteiger charge is -2.34. The minimum absolute atomic E-state index is 0.116. The van der Waals surface area contributed by atoms with E-state index in [0.717, 1.165) is 32.7 Å². The molecule has 3 N–H and O–H groups in total. The minimum atomic E-state index is -0.116. The first-order valence-electron chi connectivity index (χ1n) is 5.52. The van der Waals surface area contributed by atoms with E-state index < -0.39 is 0 Å². The fraction of sp³-hybridized carbons (Fsp3) is 0.600. The zero-order chi connectivity index (χ0) is 11.4. The summed E-state index contributed by atoms with van der Waals surface area (Å²) in [6.07, 6.45) is 3.17. The highest BCUT2D eigenvalue weighted by Gasteiger charge is 2.18. The van der Waals surface area contributed by atoms with Crippen molar-refractivity contribution in [3.8, 4) is 0 Å². The molecule has 0 bridgehead atoms. The Kier molecular flexibility index (Phi) is 3.53. The molecule has 16 heavy (non-hydrogen) atoms. The standard InChI is InChI=1S/C10H17N5O/c11-1-4-14-5-7-15(8-6-14)9-10(16)13-3-2-12-9/h2-3H,1,4-8,11H2,(H,13,16). The molecule has 0 saturated carbocycles. The van der Waals surface area contributed by atoms with Crippen molar-refractivity contribution < 1.29 is 0 Å². The Bertz CT molecular complexity index is 383. The second kappa shape index (κ2) is 5.09. The molecule has 1 aliphatic rings. The molecular formula is C10H17N5O. The van der Waals surface area contributed by atoms with Crippen molar-refractivity contribution in [2.45, 2.75) is 0 Å². The van der Waals surface area contributed by atoms with Gasteiger partial charge in [0.2, 0.25) is 0 Å². The van der Waals surface area contributed by atoms with E-state index in [1.807, 2.05) is 4.90 Å². The van der Waals surface area contributed by atoms with Crippen molar-refractivity contribution >= 4 is 5.82 Å². The summed E-state index contributed by atoms with van der Waals surface area (Å²) in [5.41, 5.74) is 5.39. The zero-order valence-electron chi connectivity index (χ0n) is 9.22. The molecule has 6 heteroatoms. The van der Waals surface area contributed by atoms with Gasteiger partial charge in [-0.25, -0.2) is 4.98 Å². The lowest BCUT2D eigenvalue weighted by atomic mass is 10.3. The second-order valence-electron chi connectivity index (χ2n) is 3.86. The number of nitrogens with two attached hydrogens (primary N) is 1. The van der Waals surface area contributed by atoms with Crippen molar-refractivity contribution in [3.05, 3.63) is 22.7 Å². The lowest BCUT2D eigenvalue weighted by Crippen LogP contribution is -2.49. The molecule has 6 nitrogen and oxygen atoms in total. The molecule has 88 valence electrons. The summed E-state index contributed by atoms with van der Waals surface area (Å²) in [6, 6.07) is 0. The molecule has 0 unspecified atom stereocenters. The number of anilines is 1. The van der Waals surface area contributed by atoms with Gasteiger partial charge < -0.3 is 15.6 Å². The second-order valence-corrected chi connectivity index (χ2v) is 3.86. The average Bonchev–Trinajstić information content (AvgIpc) is 2.31. The molecule has 1 aromatic heterocycles. The minimum Gasteiger partial charge on any atom is -0.349 e. The first-order chi connectivity index (χ1) is 7.81. The van der Waals surface area contributed by atoms with E-state index in [9.17, 15) is 4.79 Å². The topological polar surface area (TPSA) is 78.2 Å². The maximum Gasteiger partial charge on any atom is 0.290 e. The maximum absolute atomic E-state index is 11.5. The number of aromatic nitrogens is 2. The Labute approximate surface area is 94.1 Å². The van der Waals surface area contributed by atoms with Crippen LogP contribution < -0.4 is 16.2 Å². The largest absolute Gasteiger partial charge is 0.349 e. The van der Waals surface area contributed by atoms with Crippen molar-refractivity contribution in [1.82, 2.24) is 14.9 Å². The van der Waals surface area contributed by atoms with Crippen LogP contribution in [0.25, 0.3) is 0 Å². The van der Waals surface area contributed by atoms with Gasteiger partial charge in [-0.05, 0) is 0 Å². The van der Waals surface area contributed by atoms with Crippen LogP contribution in [0.1, 0.15) is 0 Å². The summed E-state index contributed by atoms with van der Waals surface area (Å²) in [4.78, 5) is 22.6. The van der Waals surface area contributed by atoms with Gasteiger partial charge >= 0.3 is 0 Å². The quantitative estimate of drug-likeness (QED) is 0.676. The lowest BCUT2D eigenvalue weighted by molar-refractivity contribution is 0.264. The first kappa shape index (κ1) is 11.1. The van der Waals surface area contributed by atoms with E-state index in [1.54, 1.807) is 12.4 Å². The summed E-state index contributed by atoms with van der Waals surface area (Å²) in [7, 11) is 0. The number of nitrogens with one attached hydrogen (secondary N) is 1. The van der Waals surface area contributed by atoms with Crippen LogP contribution in [-0.4, -0.2) is 54.1 Å². The molecule has 0 radical (unpaired) electrons. The average molecular weight is 223 g/mol. The molecule has 0 spiro atoms. The van der Waals surface area contributed by atoms with Gasteiger partial charge in [-0.2, -0.15) is 0 Å². The molecule has 0 amide bonds. The van der Waals surface area contributed by atoms with E-state index in [2.05, 4.69) is 14.9 Å². The monoisotopic (exact) mass is 223 g/mol.